The van der Waals surface area contributed by atoms with Crippen molar-refractivity contribution in [1.82, 2.24) is 20.4 Å². The molecule has 0 saturated heterocycles. The van der Waals surface area contributed by atoms with Crippen molar-refractivity contribution < 1.29 is 14.3 Å². The molecule has 33 heavy (non-hydrogen) atoms. The molecule has 4 N–H and O–H groups in total. The predicted octanol–water partition coefficient (Wildman–Crippen LogP) is 2.89. The van der Waals surface area contributed by atoms with E-state index in [2.05, 4.69) is 15.8 Å². The van der Waals surface area contributed by atoms with Gasteiger partial charge in [0.2, 0.25) is 5.43 Å². The first kappa shape index (κ1) is 22.1. The summed E-state index contributed by atoms with van der Waals surface area (Å²) in [6, 6.07) is 10.0. The van der Waals surface area contributed by atoms with Gasteiger partial charge >= 0.3 is 0 Å². The Hall–Kier alpha value is -4.11. The number of carbonyl (C=O) groups excluding carboxylic acids is 2. The van der Waals surface area contributed by atoms with Crippen molar-refractivity contribution in [2.45, 2.75) is 13.5 Å². The number of nitrogens with one attached hydrogen (secondary N) is 2. The Morgan fingerprint density at radius 1 is 1.09 bits per heavy atom. The predicted molar refractivity (Wildman–Crippen MR) is 127 cm³/mol. The Kier molecular flexibility index (Phi) is 5.89. The first-order valence-corrected chi connectivity index (χ1v) is 10.4. The molecule has 2 heterocycles. The van der Waals surface area contributed by atoms with Gasteiger partial charge in [-0.05, 0) is 43.3 Å². The monoisotopic (exact) mass is 465 g/mol. The van der Waals surface area contributed by atoms with Gasteiger partial charge in [-0.25, -0.2) is 0 Å². The summed E-state index contributed by atoms with van der Waals surface area (Å²) in [6.45, 7) is 2.41. The summed E-state index contributed by atoms with van der Waals surface area (Å²) in [5.41, 5.74) is 11.5. The number of anilines is 1. The van der Waals surface area contributed by atoms with Gasteiger partial charge < -0.3 is 15.0 Å². The number of methoxy groups -OCH3 is 1. The third-order valence-corrected chi connectivity index (χ3v) is 5.51. The number of hydrazine groups is 1. The molecule has 0 bridgehead atoms. The van der Waals surface area contributed by atoms with Crippen molar-refractivity contribution in [3.05, 3.63) is 75.2 Å². The van der Waals surface area contributed by atoms with Gasteiger partial charge in [-0.1, -0.05) is 11.6 Å². The molecule has 2 aromatic carbocycles. The molecule has 4 rings (SSSR count). The summed E-state index contributed by atoms with van der Waals surface area (Å²) in [7, 11) is 1.49. The van der Waals surface area contributed by atoms with Gasteiger partial charge in [0.15, 0.2) is 0 Å². The van der Waals surface area contributed by atoms with Crippen molar-refractivity contribution in [1.29, 1.82) is 0 Å². The van der Waals surface area contributed by atoms with Gasteiger partial charge in [0, 0.05) is 29.3 Å². The summed E-state index contributed by atoms with van der Waals surface area (Å²) >= 11 is 6.01. The van der Waals surface area contributed by atoms with E-state index in [1.165, 1.54) is 19.5 Å². The van der Waals surface area contributed by atoms with Crippen LogP contribution < -0.4 is 26.8 Å². The molecular formula is C23H20ClN5O4. The fraction of sp³-hybridized carbons (Fsp3) is 0.130. The third-order valence-electron chi connectivity index (χ3n) is 5.28. The van der Waals surface area contributed by atoms with Crippen LogP contribution in [0.1, 0.15) is 27.6 Å². The lowest BCUT2D eigenvalue weighted by atomic mass is 10.1. The zero-order valence-electron chi connectivity index (χ0n) is 17.8. The van der Waals surface area contributed by atoms with Crippen LogP contribution in [0.3, 0.4) is 0 Å². The second-order valence-corrected chi connectivity index (χ2v) is 7.63. The minimum absolute atomic E-state index is 0.0549. The van der Waals surface area contributed by atoms with Crippen molar-refractivity contribution >= 4 is 50.9 Å². The number of carbonyl (C=O) groups is 2. The van der Waals surface area contributed by atoms with Crippen molar-refractivity contribution in [3.8, 4) is 5.75 Å². The SMILES string of the molecule is CCn1cc(C(=O)NNC(=O)c2cnc3ccc(Cl)cc3c2N)c(=O)c2cc(OC)ccc21. The van der Waals surface area contributed by atoms with Crippen LogP contribution in [0.15, 0.2) is 53.6 Å². The number of pyridine rings is 2. The fourth-order valence-electron chi connectivity index (χ4n) is 3.54. The molecule has 0 spiro atoms. The first-order chi connectivity index (χ1) is 15.8. The van der Waals surface area contributed by atoms with Gasteiger partial charge in [-0.3, -0.25) is 30.2 Å². The molecule has 0 aliphatic carbocycles. The molecular weight excluding hydrogens is 446 g/mol. The highest BCUT2D eigenvalue weighted by molar-refractivity contribution is 6.31. The van der Waals surface area contributed by atoms with E-state index in [-0.39, 0.29) is 16.8 Å². The number of nitrogen functional groups attached to an aromatic ring is 1. The average Bonchev–Trinajstić information content (AvgIpc) is 2.83. The number of benzene rings is 2. The molecule has 0 atom stereocenters. The van der Waals surface area contributed by atoms with Gasteiger partial charge in [-0.2, -0.15) is 0 Å². The number of hydrogen-bond acceptors (Lipinski definition) is 6. The normalized spacial score (nSPS) is 10.9. The molecule has 4 aromatic rings. The maximum Gasteiger partial charge on any atom is 0.275 e. The summed E-state index contributed by atoms with van der Waals surface area (Å²) in [6.07, 6.45) is 2.76. The quantitative estimate of drug-likeness (QED) is 0.397. The number of aryl methyl sites for hydroxylation is 1. The number of fused-ring (bicyclic) bond motifs is 2. The lowest BCUT2D eigenvalue weighted by Crippen LogP contribution is -2.43. The van der Waals surface area contributed by atoms with Gasteiger partial charge in [-0.15, -0.1) is 0 Å². The van der Waals surface area contributed by atoms with Crippen LogP contribution in [0.5, 0.6) is 5.75 Å². The minimum Gasteiger partial charge on any atom is -0.497 e. The average molecular weight is 466 g/mol. The number of halogens is 1. The molecule has 2 aromatic heterocycles. The van der Waals surface area contributed by atoms with E-state index >= 15 is 0 Å². The highest BCUT2D eigenvalue weighted by Gasteiger charge is 2.18. The molecule has 0 aliphatic heterocycles. The van der Waals surface area contributed by atoms with Crippen LogP contribution in [0.2, 0.25) is 5.02 Å². The Morgan fingerprint density at radius 2 is 1.82 bits per heavy atom. The Morgan fingerprint density at radius 3 is 2.52 bits per heavy atom. The van der Waals surface area contributed by atoms with Crippen LogP contribution in [0, 0.1) is 0 Å². The van der Waals surface area contributed by atoms with Crippen LogP contribution in [0.4, 0.5) is 5.69 Å². The largest absolute Gasteiger partial charge is 0.497 e. The summed E-state index contributed by atoms with van der Waals surface area (Å²) in [5, 5.41) is 1.29. The molecule has 0 unspecified atom stereocenters. The Bertz CT molecular complexity index is 1480. The standard InChI is InChI=1S/C23H20ClN5O4/c1-3-29-11-17(21(30)15-9-13(33-2)5-7-19(15)29)23(32)28-27-22(31)16-10-26-18-6-4-12(24)8-14(18)20(16)25/h4-11H,3H2,1-2H3,(H2,25,26)(H,27,31)(H,28,32). The molecule has 168 valence electrons. The van der Waals surface area contributed by atoms with Crippen LogP contribution in [-0.4, -0.2) is 28.5 Å². The molecule has 0 aliphatic rings. The zero-order chi connectivity index (χ0) is 23.7. The van der Waals surface area contributed by atoms with E-state index in [0.29, 0.717) is 39.1 Å². The lowest BCUT2D eigenvalue weighted by Gasteiger charge is -2.13. The number of nitrogens with zero attached hydrogens (tertiary/aromatic N) is 2. The van der Waals surface area contributed by atoms with Gasteiger partial charge in [0.25, 0.3) is 11.8 Å². The van der Waals surface area contributed by atoms with E-state index in [0.717, 1.165) is 0 Å². The summed E-state index contributed by atoms with van der Waals surface area (Å²) in [5.74, 6) is -0.961. The van der Waals surface area contributed by atoms with E-state index in [4.69, 9.17) is 22.1 Å². The van der Waals surface area contributed by atoms with E-state index in [1.54, 1.807) is 41.0 Å². The van der Waals surface area contributed by atoms with Crippen molar-refractivity contribution in [3.63, 3.8) is 0 Å². The van der Waals surface area contributed by atoms with E-state index in [1.807, 2.05) is 6.92 Å². The number of hydrogen-bond donors (Lipinski definition) is 3. The summed E-state index contributed by atoms with van der Waals surface area (Å²) in [4.78, 5) is 42.6. The number of ether oxygens (including phenoxy) is 1. The number of amides is 2. The Balaban J connectivity index is 1.62. The highest BCUT2D eigenvalue weighted by atomic mass is 35.5. The molecule has 0 radical (unpaired) electrons. The van der Waals surface area contributed by atoms with Crippen LogP contribution >= 0.6 is 11.6 Å². The number of aromatic nitrogens is 2. The third kappa shape index (κ3) is 4.06. The van der Waals surface area contributed by atoms with E-state index < -0.39 is 17.2 Å². The number of nitrogens with two attached hydrogens (primary N) is 1. The molecule has 9 nitrogen and oxygen atoms in total. The number of rotatable bonds is 4. The molecule has 0 saturated carbocycles. The second-order valence-electron chi connectivity index (χ2n) is 7.20. The van der Waals surface area contributed by atoms with Gasteiger partial charge in [0.1, 0.15) is 11.3 Å². The smallest absolute Gasteiger partial charge is 0.275 e. The van der Waals surface area contributed by atoms with Crippen molar-refractivity contribution in [2.24, 2.45) is 0 Å². The lowest BCUT2D eigenvalue weighted by molar-refractivity contribution is 0.0846. The van der Waals surface area contributed by atoms with E-state index in [9.17, 15) is 14.4 Å². The first-order valence-electron chi connectivity index (χ1n) is 9.99. The van der Waals surface area contributed by atoms with Crippen molar-refractivity contribution in [2.75, 3.05) is 12.8 Å². The summed E-state index contributed by atoms with van der Waals surface area (Å²) < 4.78 is 6.96. The second kappa shape index (κ2) is 8.79. The zero-order valence-corrected chi connectivity index (χ0v) is 18.6. The molecule has 0 fully saturated rings. The minimum atomic E-state index is -0.768. The van der Waals surface area contributed by atoms with Gasteiger partial charge in [0.05, 0.1) is 34.8 Å². The van der Waals surface area contributed by atoms with Crippen LogP contribution in [0.25, 0.3) is 21.8 Å². The molecule has 10 heteroatoms. The highest BCUT2D eigenvalue weighted by Crippen LogP contribution is 2.26. The Labute approximate surface area is 193 Å². The molecule has 2 amide bonds. The fourth-order valence-corrected chi connectivity index (χ4v) is 3.71. The maximum absolute atomic E-state index is 13.0. The maximum atomic E-state index is 13.0. The van der Waals surface area contributed by atoms with Crippen LogP contribution in [-0.2, 0) is 6.54 Å². The topological polar surface area (TPSA) is 128 Å².